The molecule has 0 bridgehead atoms. The van der Waals surface area contributed by atoms with Crippen LogP contribution in [-0.2, 0) is 4.79 Å². The maximum absolute atomic E-state index is 9.48. The average molecular weight is 88.1 g/mol. The van der Waals surface area contributed by atoms with Gasteiger partial charge in [0.2, 0.25) is 0 Å². The van der Waals surface area contributed by atoms with Gasteiger partial charge in [-0.25, -0.2) is 0 Å². The summed E-state index contributed by atoms with van der Waals surface area (Å²) < 4.78 is 0. The molecule has 0 aromatic rings. The summed E-state index contributed by atoms with van der Waals surface area (Å²) in [6, 6.07) is 0. The molecule has 0 saturated heterocycles. The van der Waals surface area contributed by atoms with Crippen molar-refractivity contribution in [3.05, 3.63) is 5.73 Å². The van der Waals surface area contributed by atoms with E-state index < -0.39 is 5.97 Å². The van der Waals surface area contributed by atoms with Crippen LogP contribution in [0.1, 0.15) is 6.42 Å². The van der Waals surface area contributed by atoms with Crippen LogP contribution in [0.25, 0.3) is 5.73 Å². The van der Waals surface area contributed by atoms with E-state index in [1.807, 2.05) is 0 Å². The number of hydrogen-bond donors (Lipinski definition) is 1. The van der Waals surface area contributed by atoms with Gasteiger partial charge in [-0.2, -0.15) is 0 Å². The maximum atomic E-state index is 9.48. The Morgan fingerprint density at radius 2 is 2.33 bits per heavy atom. The second-order valence-corrected chi connectivity index (χ2v) is 0.894. The Balaban J connectivity index is 2.83. The molecule has 0 amide bonds. The molecule has 3 nitrogen and oxygen atoms in total. The van der Waals surface area contributed by atoms with Gasteiger partial charge >= 0.3 is 5.97 Å². The standard InChI is InChI=1S/C3H6NO2/c4-2-1-3(5)6/h4H,1-2H2,(H,5,6)/q-1. The van der Waals surface area contributed by atoms with Crippen molar-refractivity contribution in [2.45, 2.75) is 6.42 Å². The normalized spacial score (nSPS) is 8.17. The smallest absolute Gasteiger partial charge is 0.301 e. The summed E-state index contributed by atoms with van der Waals surface area (Å²) in [7, 11) is 0. The summed E-state index contributed by atoms with van der Waals surface area (Å²) in [4.78, 5) is 9.48. The Bertz CT molecular complexity index is 52.8. The summed E-state index contributed by atoms with van der Waals surface area (Å²) in [5.41, 5.74) is 6.35. The molecule has 6 heavy (non-hydrogen) atoms. The first kappa shape index (κ1) is 5.43. The SMILES string of the molecule is [NH-]CCC(=O)O. The van der Waals surface area contributed by atoms with E-state index >= 15 is 0 Å². The van der Waals surface area contributed by atoms with Gasteiger partial charge in [0.25, 0.3) is 0 Å². The summed E-state index contributed by atoms with van der Waals surface area (Å²) >= 11 is 0. The lowest BCUT2D eigenvalue weighted by molar-refractivity contribution is -0.136. The van der Waals surface area contributed by atoms with Crippen LogP contribution in [0.3, 0.4) is 0 Å². The summed E-state index contributed by atoms with van der Waals surface area (Å²) in [6.07, 6.45) is -0.0417. The minimum Gasteiger partial charge on any atom is -0.677 e. The molecule has 2 N–H and O–H groups in total. The largest absolute Gasteiger partial charge is 0.677 e. The zero-order chi connectivity index (χ0) is 4.99. The molecule has 0 aliphatic carbocycles. The van der Waals surface area contributed by atoms with Crippen LogP contribution in [0.2, 0.25) is 0 Å². The highest BCUT2D eigenvalue weighted by molar-refractivity contribution is 5.67. The molecule has 3 heteroatoms. The van der Waals surface area contributed by atoms with Gasteiger partial charge in [0.05, 0.1) is 0 Å². The number of aliphatic carboxylic acids is 1. The molecule has 0 aliphatic heterocycles. The molecule has 36 valence electrons. The quantitative estimate of drug-likeness (QED) is 0.534. The first-order valence-electron chi connectivity index (χ1n) is 1.63. The second kappa shape index (κ2) is 2.66. The van der Waals surface area contributed by atoms with Gasteiger partial charge in [-0.05, 0) is 0 Å². The molecule has 0 atom stereocenters. The van der Waals surface area contributed by atoms with Crippen molar-refractivity contribution in [2.24, 2.45) is 0 Å². The Kier molecular flexibility index (Phi) is 2.40. The zero-order valence-electron chi connectivity index (χ0n) is 3.27. The summed E-state index contributed by atoms with van der Waals surface area (Å²) in [6.45, 7) is -0.0185. The Morgan fingerprint density at radius 1 is 1.83 bits per heavy atom. The molecule has 0 aromatic heterocycles. The van der Waals surface area contributed by atoms with Gasteiger partial charge in [0, 0.05) is 6.42 Å². The maximum Gasteiger partial charge on any atom is 0.301 e. The van der Waals surface area contributed by atoms with Gasteiger partial charge in [-0.3, -0.25) is 4.79 Å². The molecule has 0 aromatic carbocycles. The third kappa shape index (κ3) is 3.43. The molecule has 0 rings (SSSR count). The fraction of sp³-hybridized carbons (Fsp3) is 0.667. The molecule has 0 spiro atoms. The molecular weight excluding hydrogens is 82.0 g/mol. The molecule has 0 fully saturated rings. The third-order valence-electron chi connectivity index (χ3n) is 0.339. The second-order valence-electron chi connectivity index (χ2n) is 0.894. The third-order valence-corrected chi connectivity index (χ3v) is 0.339. The molecule has 0 aliphatic rings. The van der Waals surface area contributed by atoms with Gasteiger partial charge in [-0.15, -0.1) is 6.54 Å². The van der Waals surface area contributed by atoms with E-state index in [1.54, 1.807) is 0 Å². The van der Waals surface area contributed by atoms with Crippen LogP contribution in [-0.4, -0.2) is 17.6 Å². The van der Waals surface area contributed by atoms with E-state index in [0.29, 0.717) is 0 Å². The van der Waals surface area contributed by atoms with E-state index in [9.17, 15) is 4.79 Å². The van der Waals surface area contributed by atoms with E-state index in [4.69, 9.17) is 10.8 Å². The number of nitrogens with one attached hydrogen (secondary N) is 1. The minimum atomic E-state index is -0.898. The van der Waals surface area contributed by atoms with Crippen molar-refractivity contribution in [3.8, 4) is 0 Å². The van der Waals surface area contributed by atoms with Crippen LogP contribution < -0.4 is 0 Å². The van der Waals surface area contributed by atoms with Crippen LogP contribution >= 0.6 is 0 Å². The predicted molar refractivity (Wildman–Crippen MR) is 21.4 cm³/mol. The zero-order valence-corrected chi connectivity index (χ0v) is 3.27. The molecule has 0 saturated carbocycles. The first-order chi connectivity index (χ1) is 2.77. The fourth-order valence-electron chi connectivity index (χ4n) is 0.107. The summed E-state index contributed by atoms with van der Waals surface area (Å²) in [5, 5.41) is 7.79. The number of carbonyl (C=O) groups is 1. The van der Waals surface area contributed by atoms with Crippen molar-refractivity contribution in [2.75, 3.05) is 6.54 Å². The number of rotatable bonds is 2. The van der Waals surface area contributed by atoms with Crippen molar-refractivity contribution in [1.82, 2.24) is 0 Å². The predicted octanol–water partition coefficient (Wildman–Crippen LogP) is 0.513. The fourth-order valence-corrected chi connectivity index (χ4v) is 0.107. The highest BCUT2D eigenvalue weighted by Crippen LogP contribution is 1.74. The topological polar surface area (TPSA) is 61.1 Å². The van der Waals surface area contributed by atoms with Crippen molar-refractivity contribution in [3.63, 3.8) is 0 Å². The van der Waals surface area contributed by atoms with Crippen molar-refractivity contribution in [1.29, 1.82) is 0 Å². The number of carboxylic acids is 1. The van der Waals surface area contributed by atoms with Gasteiger partial charge in [0.15, 0.2) is 0 Å². The van der Waals surface area contributed by atoms with Gasteiger partial charge < -0.3 is 10.8 Å². The molecule has 0 radical (unpaired) electrons. The van der Waals surface area contributed by atoms with Crippen LogP contribution in [0.5, 0.6) is 0 Å². The number of hydrogen-bond acceptors (Lipinski definition) is 1. The highest BCUT2D eigenvalue weighted by atomic mass is 16.4. The Hall–Kier alpha value is -0.570. The first-order valence-corrected chi connectivity index (χ1v) is 1.63. The van der Waals surface area contributed by atoms with Crippen molar-refractivity contribution >= 4 is 5.97 Å². The average Bonchev–Trinajstić information content (AvgIpc) is 1.35. The summed E-state index contributed by atoms with van der Waals surface area (Å²) in [5.74, 6) is -0.898. The lowest BCUT2D eigenvalue weighted by atomic mass is 10.5. The lowest BCUT2D eigenvalue weighted by Gasteiger charge is -1.89. The van der Waals surface area contributed by atoms with Crippen molar-refractivity contribution < 1.29 is 9.90 Å². The van der Waals surface area contributed by atoms with E-state index in [-0.39, 0.29) is 13.0 Å². The molecular formula is C3H6NO2-. The monoisotopic (exact) mass is 88.0 g/mol. The minimum absolute atomic E-state index is 0.0185. The Labute approximate surface area is 35.8 Å². The van der Waals surface area contributed by atoms with Crippen LogP contribution in [0.15, 0.2) is 0 Å². The van der Waals surface area contributed by atoms with E-state index in [0.717, 1.165) is 0 Å². The van der Waals surface area contributed by atoms with Gasteiger partial charge in [0.1, 0.15) is 0 Å². The Morgan fingerprint density at radius 3 is 2.33 bits per heavy atom. The van der Waals surface area contributed by atoms with E-state index in [1.165, 1.54) is 0 Å². The lowest BCUT2D eigenvalue weighted by Crippen LogP contribution is -1.93. The van der Waals surface area contributed by atoms with Crippen LogP contribution in [0, 0.1) is 0 Å². The molecule has 0 heterocycles. The molecule has 0 unspecified atom stereocenters. The van der Waals surface area contributed by atoms with Crippen LogP contribution in [0.4, 0.5) is 0 Å². The highest BCUT2D eigenvalue weighted by Gasteiger charge is 1.83. The van der Waals surface area contributed by atoms with E-state index in [2.05, 4.69) is 0 Å². The number of carboxylic acid groups (broad SMARTS) is 1. The van der Waals surface area contributed by atoms with Gasteiger partial charge in [-0.1, -0.05) is 0 Å².